The number of anilines is 2. The van der Waals surface area contributed by atoms with E-state index >= 15 is 0 Å². The molecule has 0 bridgehead atoms. The molecule has 11 heteroatoms. The Morgan fingerprint density at radius 3 is 2.23 bits per heavy atom. The molecule has 0 aliphatic rings. The van der Waals surface area contributed by atoms with Crippen molar-refractivity contribution in [1.29, 1.82) is 0 Å². The number of H-pyrrole nitrogens is 1. The van der Waals surface area contributed by atoms with Crippen molar-refractivity contribution in [3.63, 3.8) is 0 Å². The van der Waals surface area contributed by atoms with Crippen LogP contribution >= 0.6 is 12.2 Å². The van der Waals surface area contributed by atoms with Gasteiger partial charge < -0.3 is 25.1 Å². The van der Waals surface area contributed by atoms with Crippen LogP contribution in [-0.2, 0) is 4.74 Å². The molecule has 0 unspecified atom stereocenters. The maximum Gasteiger partial charge on any atom is 0.573 e. The Morgan fingerprint density at radius 2 is 1.59 bits per heavy atom. The van der Waals surface area contributed by atoms with Gasteiger partial charge in [-0.3, -0.25) is 0 Å². The molecule has 0 saturated heterocycles. The Bertz CT molecular complexity index is 1670. The highest BCUT2D eigenvalue weighted by Crippen LogP contribution is 2.33. The number of alkyl halides is 3. The number of thiocarbonyl (C=S) groups is 1. The van der Waals surface area contributed by atoms with Crippen LogP contribution in [0.2, 0.25) is 0 Å². The van der Waals surface area contributed by atoms with E-state index in [1.54, 1.807) is 25.1 Å². The minimum Gasteiger partial charge on any atom is -0.461 e. The second-order valence-electron chi connectivity index (χ2n) is 8.40. The summed E-state index contributed by atoms with van der Waals surface area (Å²) in [6, 6.07) is 22.0. The fourth-order valence-electron chi connectivity index (χ4n) is 4.11. The largest absolute Gasteiger partial charge is 0.573 e. The number of aromatic amines is 1. The zero-order valence-electron chi connectivity index (χ0n) is 20.4. The van der Waals surface area contributed by atoms with Gasteiger partial charge in [0.2, 0.25) is 0 Å². The summed E-state index contributed by atoms with van der Waals surface area (Å²) >= 11 is 5.33. The van der Waals surface area contributed by atoms with Crippen molar-refractivity contribution >= 4 is 56.5 Å². The Hall–Kier alpha value is -4.64. The number of nitrogens with one attached hydrogen (secondary N) is 3. The maximum absolute atomic E-state index is 12.6. The van der Waals surface area contributed by atoms with Gasteiger partial charge >= 0.3 is 12.3 Å². The smallest absolute Gasteiger partial charge is 0.461 e. The Labute approximate surface area is 226 Å². The number of fused-ring (bicyclic) bond motifs is 3. The number of pyridine rings is 1. The molecule has 0 fully saturated rings. The van der Waals surface area contributed by atoms with Gasteiger partial charge in [0.05, 0.1) is 17.8 Å². The molecule has 0 amide bonds. The van der Waals surface area contributed by atoms with Crippen LogP contribution in [0.5, 0.6) is 5.75 Å². The van der Waals surface area contributed by atoms with E-state index in [1.807, 2.05) is 36.4 Å². The van der Waals surface area contributed by atoms with Gasteiger partial charge in [-0.2, -0.15) is 0 Å². The molecule has 0 aliphatic carbocycles. The molecular weight excluding hydrogens is 529 g/mol. The molecular formula is C28H21F3N4O3S. The summed E-state index contributed by atoms with van der Waals surface area (Å²) in [5.74, 6) is -0.828. The number of carbonyl (C=O) groups is 1. The molecule has 0 aliphatic heterocycles. The van der Waals surface area contributed by atoms with Gasteiger partial charge in [-0.15, -0.1) is 13.2 Å². The summed E-state index contributed by atoms with van der Waals surface area (Å²) in [6.45, 7) is 1.98. The van der Waals surface area contributed by atoms with Gasteiger partial charge in [0.1, 0.15) is 11.4 Å². The highest BCUT2D eigenvalue weighted by molar-refractivity contribution is 7.80. The lowest BCUT2D eigenvalue weighted by Gasteiger charge is -2.13. The summed E-state index contributed by atoms with van der Waals surface area (Å²) in [6.07, 6.45) is -4.76. The number of rotatable bonds is 6. The summed E-state index contributed by atoms with van der Waals surface area (Å²) < 4.78 is 46.1. The quantitative estimate of drug-likeness (QED) is 0.151. The van der Waals surface area contributed by atoms with E-state index in [-0.39, 0.29) is 23.2 Å². The monoisotopic (exact) mass is 550 g/mol. The van der Waals surface area contributed by atoms with E-state index in [4.69, 9.17) is 17.0 Å². The molecule has 39 heavy (non-hydrogen) atoms. The number of halogens is 3. The highest BCUT2D eigenvalue weighted by Gasteiger charge is 2.31. The zero-order chi connectivity index (χ0) is 27.6. The third kappa shape index (κ3) is 5.93. The van der Waals surface area contributed by atoms with Crippen molar-refractivity contribution < 1.29 is 27.4 Å². The maximum atomic E-state index is 12.6. The summed E-state index contributed by atoms with van der Waals surface area (Å²) in [4.78, 5) is 20.6. The molecule has 5 rings (SSSR count). The number of aromatic nitrogens is 2. The predicted molar refractivity (Wildman–Crippen MR) is 148 cm³/mol. The number of para-hydroxylation sites is 1. The predicted octanol–water partition coefficient (Wildman–Crippen LogP) is 7.27. The molecule has 2 aromatic heterocycles. The average molecular weight is 551 g/mol. The Balaban J connectivity index is 1.37. The lowest BCUT2D eigenvalue weighted by molar-refractivity contribution is -0.274. The molecule has 2 heterocycles. The van der Waals surface area contributed by atoms with Crippen LogP contribution in [0.15, 0.2) is 78.9 Å². The fourth-order valence-corrected chi connectivity index (χ4v) is 4.34. The second kappa shape index (κ2) is 10.6. The lowest BCUT2D eigenvalue weighted by Crippen LogP contribution is -2.19. The van der Waals surface area contributed by atoms with Crippen LogP contribution in [0.3, 0.4) is 0 Å². The van der Waals surface area contributed by atoms with Crippen LogP contribution in [0.4, 0.5) is 24.5 Å². The standard InChI is InChI=1S/C28H21F3N4O3S/c1-2-37-26(36)23-15-21-20-5-3-4-6-22(20)34-25(21)24(35-23)16-7-9-17(10-8-16)32-27(39)33-18-11-13-19(14-12-18)38-28(29,30)31/h3-15,34H,2H2,1H3,(H2,32,33,39). The number of esters is 1. The third-order valence-corrected chi connectivity index (χ3v) is 5.95. The number of hydrogen-bond acceptors (Lipinski definition) is 5. The molecule has 198 valence electrons. The van der Waals surface area contributed by atoms with E-state index < -0.39 is 12.3 Å². The molecule has 3 aromatic carbocycles. The molecule has 0 saturated carbocycles. The number of benzene rings is 3. The number of carbonyl (C=O) groups excluding carboxylic acids is 1. The van der Waals surface area contributed by atoms with Gasteiger partial charge in [-0.05, 0) is 67.7 Å². The number of nitrogens with zero attached hydrogens (tertiary/aromatic N) is 1. The van der Waals surface area contributed by atoms with Gasteiger partial charge in [0.15, 0.2) is 5.11 Å². The van der Waals surface area contributed by atoms with Gasteiger partial charge in [0.25, 0.3) is 0 Å². The van der Waals surface area contributed by atoms with E-state index in [0.29, 0.717) is 17.1 Å². The van der Waals surface area contributed by atoms with E-state index in [2.05, 4.69) is 25.3 Å². The molecule has 5 aromatic rings. The van der Waals surface area contributed by atoms with Crippen LogP contribution in [0.25, 0.3) is 33.1 Å². The van der Waals surface area contributed by atoms with Gasteiger partial charge in [-0.25, -0.2) is 9.78 Å². The van der Waals surface area contributed by atoms with Crippen molar-refractivity contribution in [1.82, 2.24) is 9.97 Å². The van der Waals surface area contributed by atoms with Crippen LogP contribution < -0.4 is 15.4 Å². The van der Waals surface area contributed by atoms with Gasteiger partial charge in [0, 0.05) is 33.2 Å². The number of hydrogen-bond donors (Lipinski definition) is 3. The molecule has 0 spiro atoms. The topological polar surface area (TPSA) is 88.3 Å². The first-order valence-electron chi connectivity index (χ1n) is 11.8. The van der Waals surface area contributed by atoms with E-state index in [0.717, 1.165) is 27.4 Å². The van der Waals surface area contributed by atoms with Crippen LogP contribution in [-0.4, -0.2) is 34.0 Å². The van der Waals surface area contributed by atoms with Crippen LogP contribution in [0.1, 0.15) is 17.4 Å². The fraction of sp³-hybridized carbons (Fsp3) is 0.107. The summed E-state index contributed by atoms with van der Waals surface area (Å²) in [7, 11) is 0. The zero-order valence-corrected chi connectivity index (χ0v) is 21.2. The summed E-state index contributed by atoms with van der Waals surface area (Å²) in [5, 5.41) is 8.02. The molecule has 0 radical (unpaired) electrons. The van der Waals surface area contributed by atoms with Gasteiger partial charge in [-0.1, -0.05) is 30.3 Å². The minimum atomic E-state index is -4.76. The van der Waals surface area contributed by atoms with Crippen molar-refractivity contribution in [3.8, 4) is 17.0 Å². The van der Waals surface area contributed by atoms with Crippen molar-refractivity contribution in [2.75, 3.05) is 17.2 Å². The normalized spacial score (nSPS) is 11.4. The van der Waals surface area contributed by atoms with Crippen LogP contribution in [0, 0.1) is 0 Å². The minimum absolute atomic E-state index is 0.211. The van der Waals surface area contributed by atoms with E-state index in [1.165, 1.54) is 24.3 Å². The second-order valence-corrected chi connectivity index (χ2v) is 8.81. The SMILES string of the molecule is CCOC(=O)c1cc2c([nH]c3ccccc32)c(-c2ccc(NC(=S)Nc3ccc(OC(F)(F)F)cc3)cc2)n1. The number of ether oxygens (including phenoxy) is 2. The first-order chi connectivity index (χ1) is 18.7. The van der Waals surface area contributed by atoms with Crippen molar-refractivity contribution in [3.05, 3.63) is 84.6 Å². The Kier molecular flexibility index (Phi) is 7.07. The highest BCUT2D eigenvalue weighted by atomic mass is 32.1. The van der Waals surface area contributed by atoms with Crippen molar-refractivity contribution in [2.45, 2.75) is 13.3 Å². The summed E-state index contributed by atoms with van der Waals surface area (Å²) in [5.41, 5.74) is 4.44. The van der Waals surface area contributed by atoms with Crippen molar-refractivity contribution in [2.24, 2.45) is 0 Å². The Morgan fingerprint density at radius 1 is 0.949 bits per heavy atom. The first-order valence-corrected chi connectivity index (χ1v) is 12.2. The first kappa shape index (κ1) is 26.0. The average Bonchev–Trinajstić information content (AvgIpc) is 3.28. The molecule has 7 nitrogen and oxygen atoms in total. The third-order valence-electron chi connectivity index (χ3n) is 5.74. The molecule has 0 atom stereocenters. The van der Waals surface area contributed by atoms with E-state index in [9.17, 15) is 18.0 Å². The molecule has 3 N–H and O–H groups in total. The lowest BCUT2D eigenvalue weighted by atomic mass is 10.1.